The fourth-order valence-corrected chi connectivity index (χ4v) is 5.62. The Hall–Kier alpha value is -4.70. The van der Waals surface area contributed by atoms with E-state index in [9.17, 15) is 14.4 Å². The van der Waals surface area contributed by atoms with Crippen LogP contribution in [0.2, 0.25) is 0 Å². The molecule has 5 rings (SSSR count). The minimum absolute atomic E-state index is 0.196. The first kappa shape index (κ1) is 27.9. The third kappa shape index (κ3) is 5.51. The van der Waals surface area contributed by atoms with Gasteiger partial charge in [-0.1, -0.05) is 35.6 Å². The van der Waals surface area contributed by atoms with Crippen molar-refractivity contribution in [3.63, 3.8) is 0 Å². The molecule has 0 unspecified atom stereocenters. The Bertz CT molecular complexity index is 1810. The topological polar surface area (TPSA) is 109 Å². The summed E-state index contributed by atoms with van der Waals surface area (Å²) in [5.74, 6) is 0.805. The van der Waals surface area contributed by atoms with Crippen molar-refractivity contribution in [2.75, 3.05) is 20.3 Å². The Labute approximate surface area is 239 Å². The third-order valence-electron chi connectivity index (χ3n) is 6.53. The first-order valence-corrected chi connectivity index (χ1v) is 13.9. The van der Waals surface area contributed by atoms with Crippen molar-refractivity contribution < 1.29 is 28.2 Å². The molecule has 41 heavy (non-hydrogen) atoms. The zero-order valence-corrected chi connectivity index (χ0v) is 23.8. The van der Waals surface area contributed by atoms with Gasteiger partial charge in [0, 0.05) is 11.6 Å². The number of thiazole rings is 1. The summed E-state index contributed by atoms with van der Waals surface area (Å²) >= 11 is 1.21. The highest BCUT2D eigenvalue weighted by Gasteiger charge is 2.33. The number of benzene rings is 2. The van der Waals surface area contributed by atoms with Crippen molar-refractivity contribution in [2.24, 2.45) is 4.99 Å². The number of ether oxygens (including phenoxy) is 3. The molecule has 10 heteroatoms. The molecule has 0 amide bonds. The molecule has 1 atom stereocenters. The molecule has 1 aliphatic rings. The van der Waals surface area contributed by atoms with E-state index in [1.807, 2.05) is 12.1 Å². The maximum atomic E-state index is 13.8. The van der Waals surface area contributed by atoms with E-state index in [1.54, 1.807) is 82.5 Å². The Balaban J connectivity index is 1.54. The van der Waals surface area contributed by atoms with E-state index in [4.69, 9.17) is 18.6 Å². The number of carbonyl (C=O) groups is 2. The molecular weight excluding hydrogens is 544 g/mol. The number of aromatic nitrogens is 1. The summed E-state index contributed by atoms with van der Waals surface area (Å²) in [6.45, 7) is 5.73. The van der Waals surface area contributed by atoms with Gasteiger partial charge in [-0.05, 0) is 62.7 Å². The van der Waals surface area contributed by atoms with Crippen molar-refractivity contribution in [3.8, 4) is 17.1 Å². The van der Waals surface area contributed by atoms with Gasteiger partial charge in [-0.15, -0.1) is 0 Å². The Morgan fingerprint density at radius 2 is 1.66 bits per heavy atom. The second-order valence-corrected chi connectivity index (χ2v) is 10.1. The van der Waals surface area contributed by atoms with Crippen LogP contribution in [0.5, 0.6) is 5.75 Å². The second-order valence-electron chi connectivity index (χ2n) is 9.08. The monoisotopic (exact) mass is 572 g/mol. The van der Waals surface area contributed by atoms with Crippen LogP contribution in [0.25, 0.3) is 17.4 Å². The SMILES string of the molecule is CCOC(=O)C1=C(C)N=c2s/c(=C/c3ccc(-c4ccc(C(=O)OCC)cc4)o3)c(=O)n2[C@@H]1c1ccc(OC)cc1. The van der Waals surface area contributed by atoms with Crippen molar-refractivity contribution >= 4 is 29.4 Å². The fraction of sp³-hybridized carbons (Fsp3) is 0.226. The van der Waals surface area contributed by atoms with E-state index in [0.29, 0.717) is 50.0 Å². The number of nitrogens with zero attached hydrogens (tertiary/aromatic N) is 2. The fourth-order valence-electron chi connectivity index (χ4n) is 4.59. The molecule has 0 N–H and O–H groups in total. The van der Waals surface area contributed by atoms with Crippen LogP contribution in [0.15, 0.2) is 86.1 Å². The molecule has 210 valence electrons. The summed E-state index contributed by atoms with van der Waals surface area (Å²) in [5.41, 5.74) is 2.44. The lowest BCUT2D eigenvalue weighted by atomic mass is 9.96. The standard InChI is InChI=1S/C31H28N2O7S/c1-5-38-29(35)21-9-7-19(8-10-21)24-16-15-23(40-24)17-25-28(34)33-27(20-11-13-22(37-4)14-12-20)26(30(36)39-6-2)18(3)32-31(33)41-25/h7-17,27H,5-6H2,1-4H3/b25-17+/t27-/m1/s1. The van der Waals surface area contributed by atoms with Gasteiger partial charge in [0.05, 0.1) is 47.7 Å². The molecule has 4 aromatic rings. The number of methoxy groups -OCH3 is 1. The molecular formula is C31H28N2O7S. The van der Waals surface area contributed by atoms with Crippen LogP contribution in [-0.4, -0.2) is 36.8 Å². The van der Waals surface area contributed by atoms with Crippen molar-refractivity contribution in [1.29, 1.82) is 0 Å². The van der Waals surface area contributed by atoms with E-state index in [0.717, 1.165) is 11.1 Å². The Morgan fingerprint density at radius 3 is 2.32 bits per heavy atom. The van der Waals surface area contributed by atoms with Gasteiger partial charge in [0.2, 0.25) is 0 Å². The molecule has 0 bridgehead atoms. The quantitative estimate of drug-likeness (QED) is 0.291. The Morgan fingerprint density at radius 1 is 0.976 bits per heavy atom. The van der Waals surface area contributed by atoms with Crippen LogP contribution < -0.4 is 19.6 Å². The summed E-state index contributed by atoms with van der Waals surface area (Å²) in [6.07, 6.45) is 1.66. The number of fused-ring (bicyclic) bond motifs is 1. The minimum Gasteiger partial charge on any atom is -0.497 e. The van der Waals surface area contributed by atoms with Gasteiger partial charge in [-0.25, -0.2) is 14.6 Å². The highest BCUT2D eigenvalue weighted by molar-refractivity contribution is 7.07. The highest BCUT2D eigenvalue weighted by atomic mass is 32.1. The van der Waals surface area contributed by atoms with Gasteiger partial charge in [0.25, 0.3) is 5.56 Å². The highest BCUT2D eigenvalue weighted by Crippen LogP contribution is 2.31. The van der Waals surface area contributed by atoms with E-state index >= 15 is 0 Å². The predicted octanol–water partition coefficient (Wildman–Crippen LogP) is 4.24. The molecule has 9 nitrogen and oxygen atoms in total. The van der Waals surface area contributed by atoms with Gasteiger partial charge in [0.15, 0.2) is 4.80 Å². The second kappa shape index (κ2) is 11.8. The molecule has 0 saturated heterocycles. The van der Waals surface area contributed by atoms with Crippen molar-refractivity contribution in [2.45, 2.75) is 26.8 Å². The zero-order valence-electron chi connectivity index (χ0n) is 23.0. The largest absolute Gasteiger partial charge is 0.497 e. The molecule has 0 radical (unpaired) electrons. The molecule has 0 aliphatic carbocycles. The molecule has 0 spiro atoms. The lowest BCUT2D eigenvalue weighted by Gasteiger charge is -2.24. The molecule has 2 aromatic carbocycles. The molecule has 0 fully saturated rings. The van der Waals surface area contributed by atoms with Crippen LogP contribution >= 0.6 is 11.3 Å². The van der Waals surface area contributed by atoms with Gasteiger partial charge in [-0.2, -0.15) is 0 Å². The molecule has 1 aliphatic heterocycles. The molecule has 2 aromatic heterocycles. The van der Waals surface area contributed by atoms with Gasteiger partial charge in [-0.3, -0.25) is 9.36 Å². The number of hydrogen-bond acceptors (Lipinski definition) is 9. The van der Waals surface area contributed by atoms with Gasteiger partial charge < -0.3 is 18.6 Å². The third-order valence-corrected chi connectivity index (χ3v) is 7.51. The lowest BCUT2D eigenvalue weighted by molar-refractivity contribution is -0.139. The van der Waals surface area contributed by atoms with Gasteiger partial charge >= 0.3 is 11.9 Å². The summed E-state index contributed by atoms with van der Waals surface area (Å²) in [7, 11) is 1.57. The number of hydrogen-bond donors (Lipinski definition) is 0. The van der Waals surface area contributed by atoms with Crippen LogP contribution in [-0.2, 0) is 14.3 Å². The smallest absolute Gasteiger partial charge is 0.338 e. The van der Waals surface area contributed by atoms with E-state index in [1.165, 1.54) is 15.9 Å². The average Bonchev–Trinajstić information content (AvgIpc) is 3.57. The maximum Gasteiger partial charge on any atom is 0.338 e. The first-order valence-electron chi connectivity index (χ1n) is 13.1. The molecule has 0 saturated carbocycles. The van der Waals surface area contributed by atoms with E-state index in [2.05, 4.69) is 4.99 Å². The number of allylic oxidation sites excluding steroid dienone is 1. The maximum absolute atomic E-state index is 13.8. The minimum atomic E-state index is -0.719. The number of carbonyl (C=O) groups excluding carboxylic acids is 2. The summed E-state index contributed by atoms with van der Waals surface area (Å²) < 4.78 is 23.6. The van der Waals surface area contributed by atoms with Crippen LogP contribution in [0.3, 0.4) is 0 Å². The first-order chi connectivity index (χ1) is 19.8. The van der Waals surface area contributed by atoms with Crippen molar-refractivity contribution in [3.05, 3.63) is 109 Å². The molecule has 3 heterocycles. The number of rotatable bonds is 8. The summed E-state index contributed by atoms with van der Waals surface area (Å²) in [4.78, 5) is 43.8. The van der Waals surface area contributed by atoms with E-state index < -0.39 is 12.0 Å². The summed E-state index contributed by atoms with van der Waals surface area (Å²) in [5, 5.41) is 0. The van der Waals surface area contributed by atoms with Crippen LogP contribution in [0, 0.1) is 0 Å². The predicted molar refractivity (Wildman–Crippen MR) is 153 cm³/mol. The van der Waals surface area contributed by atoms with Crippen LogP contribution in [0.1, 0.15) is 48.5 Å². The number of esters is 2. The lowest BCUT2D eigenvalue weighted by Crippen LogP contribution is -2.39. The van der Waals surface area contributed by atoms with Crippen molar-refractivity contribution in [1.82, 2.24) is 4.57 Å². The summed E-state index contributed by atoms with van der Waals surface area (Å²) in [6, 6.07) is 17.0. The Kier molecular flexibility index (Phi) is 8.02. The van der Waals surface area contributed by atoms with Crippen LogP contribution in [0.4, 0.5) is 0 Å². The zero-order chi connectivity index (χ0) is 29.1. The average molecular weight is 573 g/mol. The number of furan rings is 1. The normalized spacial score (nSPS) is 14.8. The van der Waals surface area contributed by atoms with Gasteiger partial charge in [0.1, 0.15) is 17.3 Å². The van der Waals surface area contributed by atoms with E-state index in [-0.39, 0.29) is 18.1 Å².